The first-order valence-corrected chi connectivity index (χ1v) is 3.19. The summed E-state index contributed by atoms with van der Waals surface area (Å²) in [6, 6.07) is 0. The fourth-order valence-corrected chi connectivity index (χ4v) is 1.04. The highest BCUT2D eigenvalue weighted by atomic mass is 16.4. The zero-order valence-electron chi connectivity index (χ0n) is 5.54. The van der Waals surface area contributed by atoms with Crippen LogP contribution in [0.2, 0.25) is 0 Å². The SMILES string of the molecule is CC1C=CCC(=NO)C1. The van der Waals surface area contributed by atoms with E-state index < -0.39 is 0 Å². The predicted octanol–water partition coefficient (Wildman–Crippen LogP) is 1.80. The molecule has 50 valence electrons. The molecule has 1 aliphatic carbocycles. The first kappa shape index (κ1) is 6.33. The van der Waals surface area contributed by atoms with E-state index in [4.69, 9.17) is 5.21 Å². The quantitative estimate of drug-likeness (QED) is 0.299. The number of hydrogen-bond donors (Lipinski definition) is 1. The molecule has 0 saturated carbocycles. The fraction of sp³-hybridized carbons (Fsp3) is 0.571. The molecule has 9 heavy (non-hydrogen) atoms. The summed E-state index contributed by atoms with van der Waals surface area (Å²) < 4.78 is 0. The average Bonchev–Trinajstić information content (AvgIpc) is 1.88. The van der Waals surface area contributed by atoms with Crippen LogP contribution in [0, 0.1) is 5.92 Å². The summed E-state index contributed by atoms with van der Waals surface area (Å²) >= 11 is 0. The van der Waals surface area contributed by atoms with Crippen LogP contribution >= 0.6 is 0 Å². The Bertz CT molecular complexity index is 149. The second-order valence-corrected chi connectivity index (χ2v) is 2.48. The molecule has 0 aromatic rings. The van der Waals surface area contributed by atoms with Crippen molar-refractivity contribution in [2.45, 2.75) is 19.8 Å². The second-order valence-electron chi connectivity index (χ2n) is 2.48. The molecular weight excluding hydrogens is 114 g/mol. The van der Waals surface area contributed by atoms with Crippen molar-refractivity contribution in [2.24, 2.45) is 11.1 Å². The highest BCUT2D eigenvalue weighted by Crippen LogP contribution is 2.13. The number of allylic oxidation sites excluding steroid dienone is 2. The van der Waals surface area contributed by atoms with Crippen LogP contribution in [0.15, 0.2) is 17.3 Å². The van der Waals surface area contributed by atoms with Crippen molar-refractivity contribution in [3.8, 4) is 0 Å². The lowest BCUT2D eigenvalue weighted by molar-refractivity contribution is 0.315. The van der Waals surface area contributed by atoms with E-state index in [0.717, 1.165) is 18.6 Å². The van der Waals surface area contributed by atoms with Gasteiger partial charge in [0.05, 0.1) is 5.71 Å². The van der Waals surface area contributed by atoms with E-state index in [1.165, 1.54) is 0 Å². The largest absolute Gasteiger partial charge is 0.411 e. The van der Waals surface area contributed by atoms with Gasteiger partial charge in [0, 0.05) is 6.42 Å². The Balaban J connectivity index is 2.58. The van der Waals surface area contributed by atoms with Crippen molar-refractivity contribution < 1.29 is 5.21 Å². The van der Waals surface area contributed by atoms with Crippen LogP contribution in [0.25, 0.3) is 0 Å². The molecule has 2 nitrogen and oxygen atoms in total. The summed E-state index contributed by atoms with van der Waals surface area (Å²) in [5.41, 5.74) is 0.894. The van der Waals surface area contributed by atoms with Crippen molar-refractivity contribution >= 4 is 5.71 Å². The number of nitrogens with zero attached hydrogens (tertiary/aromatic N) is 1. The summed E-state index contributed by atoms with van der Waals surface area (Å²) in [5, 5.41) is 11.5. The third-order valence-corrected chi connectivity index (χ3v) is 1.52. The minimum absolute atomic E-state index is 0.546. The summed E-state index contributed by atoms with van der Waals surface area (Å²) in [6.45, 7) is 2.11. The normalized spacial score (nSPS) is 31.2. The predicted molar refractivity (Wildman–Crippen MR) is 36.8 cm³/mol. The van der Waals surface area contributed by atoms with Gasteiger partial charge in [-0.3, -0.25) is 0 Å². The fourth-order valence-electron chi connectivity index (χ4n) is 1.04. The molecule has 0 aromatic carbocycles. The summed E-state index contributed by atoms with van der Waals surface area (Å²) in [5.74, 6) is 0.546. The molecule has 0 aliphatic heterocycles. The molecule has 0 amide bonds. The molecule has 0 spiro atoms. The molecule has 0 radical (unpaired) electrons. The Labute approximate surface area is 54.9 Å². The molecular formula is C7H11NO. The van der Waals surface area contributed by atoms with Gasteiger partial charge in [-0.2, -0.15) is 0 Å². The van der Waals surface area contributed by atoms with E-state index in [1.54, 1.807) is 0 Å². The van der Waals surface area contributed by atoms with Crippen LogP contribution in [-0.2, 0) is 0 Å². The van der Waals surface area contributed by atoms with Gasteiger partial charge in [-0.05, 0) is 12.3 Å². The van der Waals surface area contributed by atoms with Gasteiger partial charge in [-0.1, -0.05) is 24.2 Å². The lowest BCUT2D eigenvalue weighted by atomic mass is 9.96. The molecule has 0 bridgehead atoms. The van der Waals surface area contributed by atoms with Crippen LogP contribution < -0.4 is 0 Å². The Kier molecular flexibility index (Phi) is 1.88. The van der Waals surface area contributed by atoms with Crippen molar-refractivity contribution in [3.05, 3.63) is 12.2 Å². The molecule has 1 aliphatic rings. The van der Waals surface area contributed by atoms with Crippen LogP contribution in [-0.4, -0.2) is 10.9 Å². The van der Waals surface area contributed by atoms with Gasteiger partial charge in [0.1, 0.15) is 0 Å². The molecule has 0 saturated heterocycles. The van der Waals surface area contributed by atoms with E-state index in [9.17, 15) is 0 Å². The number of hydrogen-bond acceptors (Lipinski definition) is 2. The molecule has 1 N–H and O–H groups in total. The topological polar surface area (TPSA) is 32.6 Å². The lowest BCUT2D eigenvalue weighted by Crippen LogP contribution is -2.07. The Morgan fingerprint density at radius 3 is 3.00 bits per heavy atom. The van der Waals surface area contributed by atoms with Gasteiger partial charge in [0.25, 0.3) is 0 Å². The summed E-state index contributed by atoms with van der Waals surface area (Å²) in [6.07, 6.45) is 5.92. The Morgan fingerprint density at radius 1 is 1.78 bits per heavy atom. The van der Waals surface area contributed by atoms with Gasteiger partial charge in [0.2, 0.25) is 0 Å². The standard InChI is InChI=1S/C7H11NO/c1-6-3-2-4-7(5-6)8-9/h2-3,6,9H,4-5H2,1H3. The van der Waals surface area contributed by atoms with Gasteiger partial charge >= 0.3 is 0 Å². The summed E-state index contributed by atoms with van der Waals surface area (Å²) in [4.78, 5) is 0. The van der Waals surface area contributed by atoms with Gasteiger partial charge in [-0.25, -0.2) is 0 Å². The molecule has 0 fully saturated rings. The third-order valence-electron chi connectivity index (χ3n) is 1.52. The minimum Gasteiger partial charge on any atom is -0.411 e. The third kappa shape index (κ3) is 1.56. The Hall–Kier alpha value is -0.790. The first-order valence-electron chi connectivity index (χ1n) is 3.19. The molecule has 0 heterocycles. The maximum absolute atomic E-state index is 8.36. The van der Waals surface area contributed by atoms with Crippen molar-refractivity contribution in [2.75, 3.05) is 0 Å². The van der Waals surface area contributed by atoms with Gasteiger partial charge in [0.15, 0.2) is 0 Å². The zero-order chi connectivity index (χ0) is 6.69. The maximum atomic E-state index is 8.36. The average molecular weight is 125 g/mol. The van der Waals surface area contributed by atoms with E-state index in [1.807, 2.05) is 6.08 Å². The maximum Gasteiger partial charge on any atom is 0.0614 e. The van der Waals surface area contributed by atoms with Crippen molar-refractivity contribution in [3.63, 3.8) is 0 Å². The number of rotatable bonds is 0. The van der Waals surface area contributed by atoms with E-state index >= 15 is 0 Å². The highest BCUT2D eigenvalue weighted by Gasteiger charge is 2.07. The van der Waals surface area contributed by atoms with Crippen LogP contribution in [0.4, 0.5) is 0 Å². The zero-order valence-corrected chi connectivity index (χ0v) is 5.54. The van der Waals surface area contributed by atoms with Gasteiger partial charge in [-0.15, -0.1) is 0 Å². The first-order chi connectivity index (χ1) is 4.33. The second kappa shape index (κ2) is 2.67. The van der Waals surface area contributed by atoms with Crippen molar-refractivity contribution in [1.82, 2.24) is 0 Å². The van der Waals surface area contributed by atoms with E-state index in [-0.39, 0.29) is 0 Å². The molecule has 1 atom stereocenters. The molecule has 1 rings (SSSR count). The Morgan fingerprint density at radius 2 is 2.56 bits per heavy atom. The van der Waals surface area contributed by atoms with Crippen molar-refractivity contribution in [1.29, 1.82) is 0 Å². The van der Waals surface area contributed by atoms with Gasteiger partial charge < -0.3 is 5.21 Å². The van der Waals surface area contributed by atoms with Crippen LogP contribution in [0.5, 0.6) is 0 Å². The smallest absolute Gasteiger partial charge is 0.0614 e. The molecule has 0 aromatic heterocycles. The monoisotopic (exact) mass is 125 g/mol. The van der Waals surface area contributed by atoms with E-state index in [2.05, 4.69) is 18.2 Å². The van der Waals surface area contributed by atoms with Crippen LogP contribution in [0.1, 0.15) is 19.8 Å². The molecule has 1 unspecified atom stereocenters. The summed E-state index contributed by atoms with van der Waals surface area (Å²) in [7, 11) is 0. The minimum atomic E-state index is 0.546. The van der Waals surface area contributed by atoms with E-state index in [0.29, 0.717) is 5.92 Å². The highest BCUT2D eigenvalue weighted by molar-refractivity contribution is 5.86. The lowest BCUT2D eigenvalue weighted by Gasteiger charge is -2.10. The molecule has 2 heteroatoms. The number of oxime groups is 1. The van der Waals surface area contributed by atoms with Crippen LogP contribution in [0.3, 0.4) is 0 Å².